The van der Waals surface area contributed by atoms with Gasteiger partial charge in [0.2, 0.25) is 0 Å². The molecule has 4 nitrogen and oxygen atoms in total. The molecule has 0 unspecified atom stereocenters. The zero-order valence-electron chi connectivity index (χ0n) is 14.2. The molecule has 1 aliphatic heterocycles. The van der Waals surface area contributed by atoms with Crippen molar-refractivity contribution in [1.29, 1.82) is 0 Å². The van der Waals surface area contributed by atoms with Gasteiger partial charge in [-0.2, -0.15) is 13.2 Å². The van der Waals surface area contributed by atoms with Crippen molar-refractivity contribution in [2.24, 2.45) is 0 Å². The number of carbonyl (C=O) groups excluding carboxylic acids is 1. The van der Waals surface area contributed by atoms with Gasteiger partial charge in [0, 0.05) is 38.4 Å². The van der Waals surface area contributed by atoms with E-state index >= 15 is 0 Å². The van der Waals surface area contributed by atoms with Gasteiger partial charge in [0.15, 0.2) is 0 Å². The number of nitrogens with two attached hydrogens (primary N) is 1. The third-order valence-corrected chi connectivity index (χ3v) is 4.51. The van der Waals surface area contributed by atoms with Crippen molar-refractivity contribution in [3.63, 3.8) is 0 Å². The minimum atomic E-state index is -4.34. The number of halogens is 3. The van der Waals surface area contributed by atoms with E-state index in [9.17, 15) is 18.0 Å². The number of benzene rings is 2. The molecule has 3 rings (SSSR count). The third-order valence-electron chi connectivity index (χ3n) is 4.51. The predicted octanol–water partition coefficient (Wildman–Crippen LogP) is 3.25. The topological polar surface area (TPSA) is 49.6 Å². The fraction of sp³-hybridized carbons (Fsp3) is 0.316. The summed E-state index contributed by atoms with van der Waals surface area (Å²) in [6.07, 6.45) is -4.34. The number of carbonyl (C=O) groups is 1. The minimum absolute atomic E-state index is 0.109. The molecule has 138 valence electrons. The number of hydrogen-bond donors (Lipinski definition) is 1. The summed E-state index contributed by atoms with van der Waals surface area (Å²) < 4.78 is 38.4. The summed E-state index contributed by atoms with van der Waals surface area (Å²) in [7, 11) is 0. The summed E-state index contributed by atoms with van der Waals surface area (Å²) in [4.78, 5) is 16.3. The molecule has 0 aromatic heterocycles. The molecule has 26 heavy (non-hydrogen) atoms. The van der Waals surface area contributed by atoms with Crippen LogP contribution in [0.4, 0.5) is 18.9 Å². The molecule has 0 aliphatic carbocycles. The molecule has 1 heterocycles. The summed E-state index contributed by atoms with van der Waals surface area (Å²) in [5.41, 5.74) is 6.77. The number of para-hydroxylation sites is 1. The quantitative estimate of drug-likeness (QED) is 0.852. The fourth-order valence-corrected chi connectivity index (χ4v) is 3.08. The molecule has 2 aromatic carbocycles. The lowest BCUT2D eigenvalue weighted by Crippen LogP contribution is -2.48. The summed E-state index contributed by atoms with van der Waals surface area (Å²) in [6, 6.07) is 12.3. The first-order chi connectivity index (χ1) is 12.3. The zero-order valence-corrected chi connectivity index (χ0v) is 14.2. The molecule has 0 bridgehead atoms. The largest absolute Gasteiger partial charge is 0.416 e. The van der Waals surface area contributed by atoms with Crippen LogP contribution >= 0.6 is 0 Å². The van der Waals surface area contributed by atoms with E-state index in [4.69, 9.17) is 5.73 Å². The molecule has 1 amide bonds. The number of nitrogens with zero attached hydrogens (tertiary/aromatic N) is 2. The Balaban J connectivity index is 1.59. The normalized spacial score (nSPS) is 15.9. The van der Waals surface area contributed by atoms with Crippen molar-refractivity contribution >= 4 is 11.6 Å². The molecule has 7 heteroatoms. The second kappa shape index (κ2) is 7.37. The van der Waals surface area contributed by atoms with Gasteiger partial charge in [0.05, 0.1) is 11.1 Å². The highest BCUT2D eigenvalue weighted by atomic mass is 19.4. The van der Waals surface area contributed by atoms with Crippen LogP contribution in [0.3, 0.4) is 0 Å². The summed E-state index contributed by atoms with van der Waals surface area (Å²) in [6.45, 7) is 2.68. The van der Waals surface area contributed by atoms with Crippen LogP contribution in [0.1, 0.15) is 21.5 Å². The second-order valence-corrected chi connectivity index (χ2v) is 6.35. The molecule has 0 radical (unpaired) electrons. The Labute approximate surface area is 150 Å². The number of alkyl halides is 3. The smallest absolute Gasteiger partial charge is 0.398 e. The molecule has 0 saturated carbocycles. The Morgan fingerprint density at radius 1 is 1.00 bits per heavy atom. The Kier molecular flexibility index (Phi) is 5.18. The maximum absolute atomic E-state index is 12.8. The highest BCUT2D eigenvalue weighted by Gasteiger charge is 2.30. The van der Waals surface area contributed by atoms with Gasteiger partial charge >= 0.3 is 6.18 Å². The summed E-state index contributed by atoms with van der Waals surface area (Å²) in [5.74, 6) is -0.109. The van der Waals surface area contributed by atoms with Gasteiger partial charge < -0.3 is 10.6 Å². The van der Waals surface area contributed by atoms with Crippen LogP contribution in [-0.4, -0.2) is 41.9 Å². The van der Waals surface area contributed by atoms with Crippen LogP contribution in [0.25, 0.3) is 0 Å². The van der Waals surface area contributed by atoms with Crippen molar-refractivity contribution in [1.82, 2.24) is 9.80 Å². The molecule has 0 spiro atoms. The second-order valence-electron chi connectivity index (χ2n) is 6.35. The highest BCUT2D eigenvalue weighted by Crippen LogP contribution is 2.29. The Bertz CT molecular complexity index is 784. The molecular formula is C19H20F3N3O. The van der Waals surface area contributed by atoms with Gasteiger partial charge in [-0.25, -0.2) is 0 Å². The van der Waals surface area contributed by atoms with Crippen molar-refractivity contribution in [3.8, 4) is 0 Å². The van der Waals surface area contributed by atoms with E-state index in [1.807, 2.05) is 4.90 Å². The van der Waals surface area contributed by atoms with Crippen LogP contribution in [0, 0.1) is 0 Å². The van der Waals surface area contributed by atoms with Gasteiger partial charge in [0.1, 0.15) is 0 Å². The molecule has 0 atom stereocenters. The SMILES string of the molecule is Nc1ccccc1C(=O)N1CCN(Cc2cccc(C(F)(F)F)c2)CC1. The average molecular weight is 363 g/mol. The van der Waals surface area contributed by atoms with Crippen LogP contribution < -0.4 is 5.73 Å². The number of amides is 1. The maximum atomic E-state index is 12.8. The van der Waals surface area contributed by atoms with Crippen LogP contribution in [0.5, 0.6) is 0 Å². The van der Waals surface area contributed by atoms with E-state index in [0.717, 1.165) is 6.07 Å². The lowest BCUT2D eigenvalue weighted by molar-refractivity contribution is -0.137. The molecule has 2 N–H and O–H groups in total. The van der Waals surface area contributed by atoms with E-state index in [2.05, 4.69) is 0 Å². The van der Waals surface area contributed by atoms with Crippen molar-refractivity contribution in [2.45, 2.75) is 12.7 Å². The van der Waals surface area contributed by atoms with E-state index in [1.165, 1.54) is 12.1 Å². The van der Waals surface area contributed by atoms with Crippen molar-refractivity contribution in [3.05, 3.63) is 65.2 Å². The Hall–Kier alpha value is -2.54. The van der Waals surface area contributed by atoms with Gasteiger partial charge in [-0.05, 0) is 23.8 Å². The molecule has 2 aromatic rings. The standard InChI is InChI=1S/C19H20F3N3O/c20-19(21,22)15-5-3-4-14(12-15)13-24-8-10-25(11-9-24)18(26)16-6-1-2-7-17(16)23/h1-7,12H,8-11,13,23H2. The number of rotatable bonds is 3. The van der Waals surface area contributed by atoms with Gasteiger partial charge in [-0.15, -0.1) is 0 Å². The number of piperazine rings is 1. The van der Waals surface area contributed by atoms with Crippen LogP contribution in [0.2, 0.25) is 0 Å². The van der Waals surface area contributed by atoms with E-state index in [0.29, 0.717) is 49.5 Å². The molecular weight excluding hydrogens is 343 g/mol. The first-order valence-electron chi connectivity index (χ1n) is 8.37. The predicted molar refractivity (Wildman–Crippen MR) is 93.5 cm³/mol. The lowest BCUT2D eigenvalue weighted by atomic mass is 10.1. The number of hydrogen-bond acceptors (Lipinski definition) is 3. The summed E-state index contributed by atoms with van der Waals surface area (Å²) >= 11 is 0. The fourth-order valence-electron chi connectivity index (χ4n) is 3.08. The molecule has 1 aliphatic rings. The van der Waals surface area contributed by atoms with E-state index < -0.39 is 11.7 Å². The molecule has 1 saturated heterocycles. The highest BCUT2D eigenvalue weighted by molar-refractivity contribution is 5.99. The van der Waals surface area contributed by atoms with Gasteiger partial charge in [-0.3, -0.25) is 9.69 Å². The number of nitrogen functional groups attached to an aromatic ring is 1. The maximum Gasteiger partial charge on any atom is 0.416 e. The average Bonchev–Trinajstić information content (AvgIpc) is 2.62. The van der Waals surface area contributed by atoms with Gasteiger partial charge in [-0.1, -0.05) is 30.3 Å². The Morgan fingerprint density at radius 3 is 2.35 bits per heavy atom. The Morgan fingerprint density at radius 2 is 1.69 bits per heavy atom. The molecule has 1 fully saturated rings. The lowest BCUT2D eigenvalue weighted by Gasteiger charge is -2.35. The monoisotopic (exact) mass is 363 g/mol. The first kappa shape index (κ1) is 18.3. The summed E-state index contributed by atoms with van der Waals surface area (Å²) in [5, 5.41) is 0. The number of anilines is 1. The van der Waals surface area contributed by atoms with Crippen LogP contribution in [0.15, 0.2) is 48.5 Å². The van der Waals surface area contributed by atoms with E-state index in [1.54, 1.807) is 35.2 Å². The van der Waals surface area contributed by atoms with E-state index in [-0.39, 0.29) is 5.91 Å². The minimum Gasteiger partial charge on any atom is -0.398 e. The zero-order chi connectivity index (χ0) is 18.7. The van der Waals surface area contributed by atoms with Crippen molar-refractivity contribution < 1.29 is 18.0 Å². The third kappa shape index (κ3) is 4.16. The van der Waals surface area contributed by atoms with Gasteiger partial charge in [0.25, 0.3) is 5.91 Å². The first-order valence-corrected chi connectivity index (χ1v) is 8.37. The van der Waals surface area contributed by atoms with Crippen LogP contribution in [-0.2, 0) is 12.7 Å². The van der Waals surface area contributed by atoms with Crippen molar-refractivity contribution in [2.75, 3.05) is 31.9 Å².